The molecule has 4 nitrogen and oxygen atoms in total. The van der Waals surface area contributed by atoms with Crippen molar-refractivity contribution < 1.29 is 4.74 Å². The highest BCUT2D eigenvalue weighted by Crippen LogP contribution is 2.27. The zero-order valence-corrected chi connectivity index (χ0v) is 12.4. The number of aryl methyl sites for hydroxylation is 3. The van der Waals surface area contributed by atoms with Gasteiger partial charge in [0.15, 0.2) is 0 Å². The van der Waals surface area contributed by atoms with Crippen LogP contribution in [0.4, 0.5) is 0 Å². The monoisotopic (exact) mass is 271 g/mol. The van der Waals surface area contributed by atoms with Crippen LogP contribution in [0.3, 0.4) is 0 Å². The average molecular weight is 271 g/mol. The van der Waals surface area contributed by atoms with Gasteiger partial charge in [-0.2, -0.15) is 0 Å². The molecule has 0 amide bonds. The summed E-state index contributed by atoms with van der Waals surface area (Å²) in [7, 11) is 1.67. The van der Waals surface area contributed by atoms with Crippen molar-refractivity contribution >= 4 is 0 Å². The van der Waals surface area contributed by atoms with Crippen LogP contribution in [0.25, 0.3) is 0 Å². The van der Waals surface area contributed by atoms with Gasteiger partial charge in [0.1, 0.15) is 5.75 Å². The lowest BCUT2D eigenvalue weighted by Gasteiger charge is -2.20. The Hall–Kier alpha value is -1.91. The number of nitrogens with one attached hydrogen (secondary N) is 1. The molecule has 0 aliphatic rings. The van der Waals surface area contributed by atoms with E-state index in [4.69, 9.17) is 10.6 Å². The second kappa shape index (κ2) is 6.03. The summed E-state index contributed by atoms with van der Waals surface area (Å²) in [4.78, 5) is 4.41. The minimum atomic E-state index is -0.0543. The maximum absolute atomic E-state index is 5.77. The average Bonchev–Trinajstić information content (AvgIpc) is 2.40. The third-order valence-electron chi connectivity index (χ3n) is 3.39. The lowest BCUT2D eigenvalue weighted by atomic mass is 9.95. The van der Waals surface area contributed by atoms with Crippen LogP contribution in [0, 0.1) is 20.8 Å². The van der Waals surface area contributed by atoms with E-state index in [0.717, 1.165) is 33.8 Å². The smallest absolute Gasteiger partial charge is 0.119 e. The Morgan fingerprint density at radius 3 is 2.25 bits per heavy atom. The highest BCUT2D eigenvalue weighted by Gasteiger charge is 2.16. The standard InChI is InChI=1S/C16H21N3O/c1-10-7-14(20-4)5-6-15(10)16(19-17)13-8-11(2)18-12(3)9-13/h5-9,16,19H,17H2,1-4H3. The summed E-state index contributed by atoms with van der Waals surface area (Å²) in [5.74, 6) is 6.63. The van der Waals surface area contributed by atoms with Gasteiger partial charge >= 0.3 is 0 Å². The summed E-state index contributed by atoms with van der Waals surface area (Å²) in [6, 6.07) is 10.1. The fourth-order valence-electron chi connectivity index (χ4n) is 2.50. The molecule has 20 heavy (non-hydrogen) atoms. The van der Waals surface area contributed by atoms with Gasteiger partial charge in [0, 0.05) is 11.4 Å². The molecular formula is C16H21N3O. The van der Waals surface area contributed by atoms with E-state index in [2.05, 4.69) is 29.5 Å². The van der Waals surface area contributed by atoms with Crippen molar-refractivity contribution in [2.75, 3.05) is 7.11 Å². The van der Waals surface area contributed by atoms with Crippen molar-refractivity contribution in [3.8, 4) is 5.75 Å². The third kappa shape index (κ3) is 2.98. The van der Waals surface area contributed by atoms with E-state index in [1.165, 1.54) is 0 Å². The van der Waals surface area contributed by atoms with Gasteiger partial charge in [-0.1, -0.05) is 6.07 Å². The highest BCUT2D eigenvalue weighted by molar-refractivity contribution is 5.41. The predicted molar refractivity (Wildman–Crippen MR) is 80.6 cm³/mol. The Bertz CT molecular complexity index is 590. The quantitative estimate of drug-likeness (QED) is 0.663. The molecule has 106 valence electrons. The number of nitrogens with zero attached hydrogens (tertiary/aromatic N) is 1. The molecule has 1 heterocycles. The second-order valence-corrected chi connectivity index (χ2v) is 5.01. The van der Waals surface area contributed by atoms with Gasteiger partial charge in [0.05, 0.1) is 13.2 Å². The van der Waals surface area contributed by atoms with Crippen LogP contribution in [0.5, 0.6) is 5.75 Å². The summed E-state index contributed by atoms with van der Waals surface area (Å²) >= 11 is 0. The molecule has 4 heteroatoms. The predicted octanol–water partition coefficient (Wildman–Crippen LogP) is 2.57. The number of benzene rings is 1. The molecule has 0 aliphatic carbocycles. The van der Waals surface area contributed by atoms with Gasteiger partial charge < -0.3 is 4.74 Å². The molecule has 1 aromatic heterocycles. The summed E-state index contributed by atoms with van der Waals surface area (Å²) in [5.41, 5.74) is 8.28. The number of ether oxygens (including phenoxy) is 1. The lowest BCUT2D eigenvalue weighted by molar-refractivity contribution is 0.414. The van der Waals surface area contributed by atoms with Crippen molar-refractivity contribution in [3.63, 3.8) is 0 Å². The van der Waals surface area contributed by atoms with E-state index in [1.807, 2.05) is 32.0 Å². The molecule has 1 unspecified atom stereocenters. The zero-order chi connectivity index (χ0) is 14.7. The van der Waals surface area contributed by atoms with E-state index < -0.39 is 0 Å². The number of hydrogen-bond donors (Lipinski definition) is 2. The van der Waals surface area contributed by atoms with Crippen LogP contribution in [0.15, 0.2) is 30.3 Å². The van der Waals surface area contributed by atoms with Crippen LogP contribution in [0.2, 0.25) is 0 Å². The largest absolute Gasteiger partial charge is 0.497 e. The maximum Gasteiger partial charge on any atom is 0.119 e. The molecule has 0 saturated carbocycles. The molecular weight excluding hydrogens is 250 g/mol. The van der Waals surface area contributed by atoms with E-state index in [1.54, 1.807) is 7.11 Å². The normalized spacial score (nSPS) is 12.2. The van der Waals surface area contributed by atoms with Gasteiger partial charge in [0.25, 0.3) is 0 Å². The van der Waals surface area contributed by atoms with E-state index in [9.17, 15) is 0 Å². The Morgan fingerprint density at radius 1 is 1.10 bits per heavy atom. The highest BCUT2D eigenvalue weighted by atomic mass is 16.5. The molecule has 0 spiro atoms. The fraction of sp³-hybridized carbons (Fsp3) is 0.312. The summed E-state index contributed by atoms with van der Waals surface area (Å²) in [6.45, 7) is 6.04. The van der Waals surface area contributed by atoms with E-state index in [0.29, 0.717) is 0 Å². The number of hydrazine groups is 1. The van der Waals surface area contributed by atoms with Crippen molar-refractivity contribution in [1.82, 2.24) is 10.4 Å². The number of methoxy groups -OCH3 is 1. The third-order valence-corrected chi connectivity index (χ3v) is 3.39. The van der Waals surface area contributed by atoms with Crippen LogP contribution in [-0.4, -0.2) is 12.1 Å². The van der Waals surface area contributed by atoms with Crippen LogP contribution in [-0.2, 0) is 0 Å². The number of pyridine rings is 1. The van der Waals surface area contributed by atoms with Crippen molar-refractivity contribution in [1.29, 1.82) is 0 Å². The minimum absolute atomic E-state index is 0.0543. The van der Waals surface area contributed by atoms with E-state index in [-0.39, 0.29) is 6.04 Å². The first kappa shape index (κ1) is 14.5. The first-order valence-electron chi connectivity index (χ1n) is 6.61. The maximum atomic E-state index is 5.77. The van der Waals surface area contributed by atoms with Crippen LogP contribution in [0.1, 0.15) is 34.1 Å². The molecule has 2 rings (SSSR count). The Balaban J connectivity index is 2.46. The second-order valence-electron chi connectivity index (χ2n) is 5.01. The molecule has 1 aromatic carbocycles. The molecule has 2 aromatic rings. The van der Waals surface area contributed by atoms with Crippen LogP contribution < -0.4 is 16.0 Å². The molecule has 1 atom stereocenters. The number of nitrogens with two attached hydrogens (primary N) is 1. The topological polar surface area (TPSA) is 60.2 Å². The lowest BCUT2D eigenvalue weighted by Crippen LogP contribution is -2.29. The van der Waals surface area contributed by atoms with Gasteiger partial charge in [-0.25, -0.2) is 5.43 Å². The Labute approximate surface area is 120 Å². The SMILES string of the molecule is COc1ccc(C(NN)c2cc(C)nc(C)c2)c(C)c1. The fourth-order valence-corrected chi connectivity index (χ4v) is 2.50. The molecule has 0 bridgehead atoms. The molecule has 0 radical (unpaired) electrons. The van der Waals surface area contributed by atoms with Crippen molar-refractivity contribution in [2.45, 2.75) is 26.8 Å². The summed E-state index contributed by atoms with van der Waals surface area (Å²) < 4.78 is 5.25. The molecule has 0 saturated heterocycles. The van der Waals surface area contributed by atoms with Gasteiger partial charge in [-0.05, 0) is 61.7 Å². The van der Waals surface area contributed by atoms with Gasteiger partial charge in [-0.15, -0.1) is 0 Å². The Kier molecular flexibility index (Phi) is 4.37. The zero-order valence-electron chi connectivity index (χ0n) is 12.4. The summed E-state index contributed by atoms with van der Waals surface area (Å²) in [5, 5.41) is 0. The number of aromatic nitrogens is 1. The Morgan fingerprint density at radius 2 is 1.75 bits per heavy atom. The van der Waals surface area contributed by atoms with Crippen molar-refractivity contribution in [2.24, 2.45) is 5.84 Å². The van der Waals surface area contributed by atoms with Crippen molar-refractivity contribution in [3.05, 3.63) is 58.4 Å². The molecule has 3 N–H and O–H groups in total. The van der Waals surface area contributed by atoms with Crippen LogP contribution >= 0.6 is 0 Å². The first-order chi connectivity index (χ1) is 9.55. The molecule has 0 aliphatic heterocycles. The van der Waals surface area contributed by atoms with Gasteiger partial charge in [0.2, 0.25) is 0 Å². The first-order valence-corrected chi connectivity index (χ1v) is 6.61. The number of rotatable bonds is 4. The number of hydrogen-bond acceptors (Lipinski definition) is 4. The summed E-state index contributed by atoms with van der Waals surface area (Å²) in [6.07, 6.45) is 0. The van der Waals surface area contributed by atoms with E-state index >= 15 is 0 Å². The molecule has 0 fully saturated rings. The minimum Gasteiger partial charge on any atom is -0.497 e. The van der Waals surface area contributed by atoms with Gasteiger partial charge in [-0.3, -0.25) is 10.8 Å².